The minimum atomic E-state index is -0.775. The number of nitrogens with zero attached hydrogens (tertiary/aromatic N) is 3. The number of piperidine rings is 1. The Hall–Kier alpha value is -2.94. The molecule has 5 amide bonds. The predicted octanol–water partition coefficient (Wildman–Crippen LogP) is 1.51. The normalized spacial score (nSPS) is 21.9. The Labute approximate surface area is 178 Å². The molecule has 1 fully saturated rings. The smallest absolute Gasteiger partial charge is 0.262 e. The molecule has 0 saturated carbocycles. The third kappa shape index (κ3) is 3.54. The summed E-state index contributed by atoms with van der Waals surface area (Å²) in [7, 11) is 0. The lowest BCUT2D eigenvalue weighted by atomic mass is 10.0. The van der Waals surface area contributed by atoms with Gasteiger partial charge in [0.05, 0.1) is 0 Å². The van der Waals surface area contributed by atoms with Crippen LogP contribution in [0.3, 0.4) is 0 Å². The Morgan fingerprint density at radius 2 is 1.70 bits per heavy atom. The molecule has 1 aromatic carbocycles. The van der Waals surface area contributed by atoms with Crippen LogP contribution < -0.4 is 0 Å². The van der Waals surface area contributed by atoms with Gasteiger partial charge in [-0.05, 0) is 43.8 Å². The molecule has 3 aliphatic rings. The van der Waals surface area contributed by atoms with E-state index in [1.807, 2.05) is 12.1 Å². The number of imide groups is 2. The fourth-order valence-electron chi connectivity index (χ4n) is 3.90. The minimum Gasteiger partial charge on any atom is -0.322 e. The number of hydrogen-bond acceptors (Lipinski definition) is 6. The third-order valence-corrected chi connectivity index (χ3v) is 6.54. The van der Waals surface area contributed by atoms with Crippen LogP contribution in [0.4, 0.5) is 0 Å². The van der Waals surface area contributed by atoms with E-state index in [4.69, 9.17) is 0 Å². The number of amides is 5. The molecule has 0 aliphatic carbocycles. The number of hydrogen-bond donors (Lipinski definition) is 0. The summed E-state index contributed by atoms with van der Waals surface area (Å²) in [5.74, 6) is -1.81. The summed E-state index contributed by atoms with van der Waals surface area (Å²) < 4.78 is 0.325. The molecule has 3 heterocycles. The van der Waals surface area contributed by atoms with Crippen molar-refractivity contribution in [3.8, 4) is 0 Å². The summed E-state index contributed by atoms with van der Waals surface area (Å²) in [6, 6.07) is 6.51. The molecule has 30 heavy (non-hydrogen) atoms. The summed E-state index contributed by atoms with van der Waals surface area (Å²) in [6.07, 6.45) is 2.82. The van der Waals surface area contributed by atoms with Gasteiger partial charge < -0.3 is 4.90 Å². The van der Waals surface area contributed by atoms with E-state index in [9.17, 15) is 24.0 Å². The van der Waals surface area contributed by atoms with Crippen LogP contribution in [0.25, 0.3) is 0 Å². The van der Waals surface area contributed by atoms with Gasteiger partial charge in [0.1, 0.15) is 6.04 Å². The average molecular weight is 427 g/mol. The number of rotatable bonds is 5. The standard InChI is InChI=1S/C21H21N3O5S/c1-21(2,12-23-16(25)9-10-17(23)26)30-24-18(27)8-7-15(20(24)29)22-11-13-5-3-4-6-14(13)19(22)28/h3-6,9-10,15H,7-8,11-12H2,1-2H3. The lowest BCUT2D eigenvalue weighted by molar-refractivity contribution is -0.145. The third-order valence-electron chi connectivity index (χ3n) is 5.35. The molecule has 1 aromatic rings. The second-order valence-corrected chi connectivity index (χ2v) is 9.77. The lowest BCUT2D eigenvalue weighted by Crippen LogP contribution is -2.54. The molecule has 1 atom stereocenters. The fourth-order valence-corrected chi connectivity index (χ4v) is 4.99. The van der Waals surface area contributed by atoms with Crippen LogP contribution in [0.2, 0.25) is 0 Å². The van der Waals surface area contributed by atoms with Crippen molar-refractivity contribution in [2.45, 2.75) is 44.0 Å². The predicted molar refractivity (Wildman–Crippen MR) is 109 cm³/mol. The van der Waals surface area contributed by atoms with Crippen molar-refractivity contribution in [2.75, 3.05) is 6.54 Å². The van der Waals surface area contributed by atoms with E-state index in [1.165, 1.54) is 17.1 Å². The largest absolute Gasteiger partial charge is 0.322 e. The van der Waals surface area contributed by atoms with Gasteiger partial charge in [-0.2, -0.15) is 0 Å². The van der Waals surface area contributed by atoms with Crippen LogP contribution >= 0.6 is 11.9 Å². The van der Waals surface area contributed by atoms with Crippen molar-refractivity contribution >= 4 is 41.5 Å². The molecule has 0 radical (unpaired) electrons. The quantitative estimate of drug-likeness (QED) is 0.522. The second-order valence-electron chi connectivity index (χ2n) is 8.12. The van der Waals surface area contributed by atoms with Crippen LogP contribution in [0, 0.1) is 0 Å². The maximum absolute atomic E-state index is 13.2. The van der Waals surface area contributed by atoms with E-state index < -0.39 is 28.5 Å². The molecular weight excluding hydrogens is 406 g/mol. The molecule has 3 aliphatic heterocycles. The van der Waals surface area contributed by atoms with E-state index in [1.54, 1.807) is 26.0 Å². The SMILES string of the molecule is CC(C)(CN1C(=O)C=CC1=O)SN1C(=O)CCC(N2Cc3ccccc3C2=O)C1=O. The summed E-state index contributed by atoms with van der Waals surface area (Å²) in [4.78, 5) is 64.9. The average Bonchev–Trinajstić information content (AvgIpc) is 3.19. The number of carbonyl (C=O) groups is 5. The van der Waals surface area contributed by atoms with Gasteiger partial charge in [0, 0.05) is 42.0 Å². The lowest BCUT2D eigenvalue weighted by Gasteiger charge is -2.38. The van der Waals surface area contributed by atoms with Crippen molar-refractivity contribution < 1.29 is 24.0 Å². The zero-order valence-corrected chi connectivity index (χ0v) is 17.5. The van der Waals surface area contributed by atoms with Crippen molar-refractivity contribution in [3.05, 3.63) is 47.5 Å². The minimum absolute atomic E-state index is 0.0537. The van der Waals surface area contributed by atoms with Crippen LogP contribution in [-0.2, 0) is 25.7 Å². The number of carbonyl (C=O) groups excluding carboxylic acids is 5. The van der Waals surface area contributed by atoms with Gasteiger partial charge in [0.15, 0.2) is 0 Å². The monoisotopic (exact) mass is 427 g/mol. The summed E-state index contributed by atoms with van der Waals surface area (Å²) in [5, 5.41) is 0. The second kappa shape index (κ2) is 7.39. The molecule has 9 heteroatoms. The highest BCUT2D eigenvalue weighted by molar-refractivity contribution is 7.99. The summed E-state index contributed by atoms with van der Waals surface area (Å²) in [5.41, 5.74) is 1.45. The van der Waals surface area contributed by atoms with Crippen LogP contribution in [0.5, 0.6) is 0 Å². The summed E-state index contributed by atoms with van der Waals surface area (Å²) >= 11 is 1.000. The van der Waals surface area contributed by atoms with E-state index in [2.05, 4.69) is 0 Å². The Morgan fingerprint density at radius 3 is 2.37 bits per heavy atom. The molecule has 8 nitrogen and oxygen atoms in total. The van der Waals surface area contributed by atoms with Crippen molar-refractivity contribution in [1.29, 1.82) is 0 Å². The molecule has 1 unspecified atom stereocenters. The fraction of sp³-hybridized carbons (Fsp3) is 0.381. The maximum atomic E-state index is 13.2. The number of fused-ring (bicyclic) bond motifs is 1. The first kappa shape index (κ1) is 20.3. The Morgan fingerprint density at radius 1 is 1.03 bits per heavy atom. The van der Waals surface area contributed by atoms with Crippen LogP contribution in [-0.4, -0.2) is 61.0 Å². The summed E-state index contributed by atoms with van der Waals surface area (Å²) in [6.45, 7) is 3.91. The van der Waals surface area contributed by atoms with Crippen LogP contribution in [0.1, 0.15) is 42.6 Å². The molecular formula is C21H21N3O5S. The first-order chi connectivity index (χ1) is 14.2. The first-order valence-corrected chi connectivity index (χ1v) is 10.4. The first-order valence-electron chi connectivity index (χ1n) is 9.66. The van der Waals surface area contributed by atoms with E-state index in [-0.39, 0.29) is 31.2 Å². The molecule has 0 spiro atoms. The Balaban J connectivity index is 1.49. The van der Waals surface area contributed by atoms with Crippen molar-refractivity contribution in [2.24, 2.45) is 0 Å². The highest BCUT2D eigenvalue weighted by Gasteiger charge is 2.45. The molecule has 0 N–H and O–H groups in total. The molecule has 1 saturated heterocycles. The molecule has 0 bridgehead atoms. The van der Waals surface area contributed by atoms with E-state index >= 15 is 0 Å². The zero-order chi connectivity index (χ0) is 21.6. The maximum Gasteiger partial charge on any atom is 0.262 e. The van der Waals surface area contributed by atoms with Crippen molar-refractivity contribution in [3.63, 3.8) is 0 Å². The van der Waals surface area contributed by atoms with Gasteiger partial charge in [0.25, 0.3) is 23.6 Å². The molecule has 156 valence electrons. The van der Waals surface area contributed by atoms with E-state index in [0.717, 1.165) is 26.7 Å². The van der Waals surface area contributed by atoms with Gasteiger partial charge in [0.2, 0.25) is 5.91 Å². The Kier molecular flexibility index (Phi) is 5.01. The van der Waals surface area contributed by atoms with Crippen molar-refractivity contribution in [1.82, 2.24) is 14.1 Å². The van der Waals surface area contributed by atoms with Gasteiger partial charge in [-0.3, -0.25) is 28.9 Å². The molecule has 4 rings (SSSR count). The van der Waals surface area contributed by atoms with Gasteiger partial charge in [-0.25, -0.2) is 4.31 Å². The number of benzene rings is 1. The topological polar surface area (TPSA) is 95.1 Å². The molecule has 0 aromatic heterocycles. The van der Waals surface area contributed by atoms with Gasteiger partial charge in [-0.15, -0.1) is 0 Å². The van der Waals surface area contributed by atoms with Crippen LogP contribution in [0.15, 0.2) is 36.4 Å². The van der Waals surface area contributed by atoms with Gasteiger partial charge in [-0.1, -0.05) is 18.2 Å². The highest BCUT2D eigenvalue weighted by atomic mass is 32.2. The van der Waals surface area contributed by atoms with Gasteiger partial charge >= 0.3 is 0 Å². The highest BCUT2D eigenvalue weighted by Crippen LogP contribution is 2.36. The Bertz CT molecular complexity index is 984. The zero-order valence-electron chi connectivity index (χ0n) is 16.7. The van der Waals surface area contributed by atoms with E-state index in [0.29, 0.717) is 12.1 Å².